The number of hydrogen-bond acceptors (Lipinski definition) is 3. The highest BCUT2D eigenvalue weighted by atomic mass is 32.1. The standard InChI is InChI=1S/C12H20N2S/c13-9-10-3-1-5-12(10)14-7-6-11-4-2-8-15-11/h2,4,8,10,12,14H,1,3,5-7,9,13H2. The second-order valence-corrected chi connectivity index (χ2v) is 5.35. The number of rotatable bonds is 5. The molecule has 1 saturated carbocycles. The summed E-state index contributed by atoms with van der Waals surface area (Å²) in [6.07, 6.45) is 5.13. The predicted molar refractivity (Wildman–Crippen MR) is 66.2 cm³/mol. The first-order chi connectivity index (χ1) is 7.40. The Morgan fingerprint density at radius 2 is 2.40 bits per heavy atom. The van der Waals surface area contributed by atoms with Crippen LogP contribution < -0.4 is 11.1 Å². The maximum Gasteiger partial charge on any atom is 0.0107 e. The highest BCUT2D eigenvalue weighted by Gasteiger charge is 2.24. The third-order valence-electron chi connectivity index (χ3n) is 3.32. The molecule has 2 unspecified atom stereocenters. The zero-order valence-corrected chi connectivity index (χ0v) is 9.93. The van der Waals surface area contributed by atoms with E-state index >= 15 is 0 Å². The Bertz CT molecular complexity index is 271. The molecule has 0 radical (unpaired) electrons. The van der Waals surface area contributed by atoms with Gasteiger partial charge in [0, 0.05) is 17.5 Å². The average Bonchev–Trinajstić information content (AvgIpc) is 2.88. The van der Waals surface area contributed by atoms with E-state index in [0.717, 1.165) is 19.5 Å². The van der Waals surface area contributed by atoms with Gasteiger partial charge in [-0.3, -0.25) is 0 Å². The summed E-state index contributed by atoms with van der Waals surface area (Å²) in [7, 11) is 0. The van der Waals surface area contributed by atoms with Gasteiger partial charge in [-0.15, -0.1) is 11.3 Å². The molecule has 0 saturated heterocycles. The van der Waals surface area contributed by atoms with Crippen molar-refractivity contribution in [3.05, 3.63) is 22.4 Å². The van der Waals surface area contributed by atoms with Crippen LogP contribution >= 0.6 is 11.3 Å². The molecule has 0 aromatic carbocycles. The van der Waals surface area contributed by atoms with E-state index in [2.05, 4.69) is 22.8 Å². The quantitative estimate of drug-likeness (QED) is 0.803. The van der Waals surface area contributed by atoms with Gasteiger partial charge in [-0.2, -0.15) is 0 Å². The van der Waals surface area contributed by atoms with Crippen molar-refractivity contribution in [3.63, 3.8) is 0 Å². The Labute approximate surface area is 95.9 Å². The first-order valence-corrected chi connectivity index (χ1v) is 6.74. The van der Waals surface area contributed by atoms with E-state index < -0.39 is 0 Å². The van der Waals surface area contributed by atoms with Gasteiger partial charge in [0.1, 0.15) is 0 Å². The topological polar surface area (TPSA) is 38.0 Å². The zero-order chi connectivity index (χ0) is 10.5. The Balaban J connectivity index is 1.69. The summed E-state index contributed by atoms with van der Waals surface area (Å²) in [6.45, 7) is 1.94. The summed E-state index contributed by atoms with van der Waals surface area (Å²) in [5, 5.41) is 5.79. The number of hydrogen-bond donors (Lipinski definition) is 2. The molecule has 84 valence electrons. The fraction of sp³-hybridized carbons (Fsp3) is 0.667. The second-order valence-electron chi connectivity index (χ2n) is 4.32. The van der Waals surface area contributed by atoms with Crippen LogP contribution in [0.5, 0.6) is 0 Å². The van der Waals surface area contributed by atoms with Gasteiger partial charge in [-0.05, 0) is 43.2 Å². The summed E-state index contributed by atoms with van der Waals surface area (Å²) >= 11 is 1.85. The van der Waals surface area contributed by atoms with E-state index in [4.69, 9.17) is 5.73 Å². The van der Waals surface area contributed by atoms with Crippen LogP contribution in [-0.2, 0) is 6.42 Å². The fourth-order valence-corrected chi connectivity index (χ4v) is 3.13. The van der Waals surface area contributed by atoms with Crippen LogP contribution in [-0.4, -0.2) is 19.1 Å². The van der Waals surface area contributed by atoms with Crippen LogP contribution in [0.1, 0.15) is 24.1 Å². The molecule has 0 spiro atoms. The molecule has 1 heterocycles. The van der Waals surface area contributed by atoms with E-state index in [-0.39, 0.29) is 0 Å². The lowest BCUT2D eigenvalue weighted by atomic mass is 10.0. The Kier molecular flexibility index (Phi) is 4.18. The minimum atomic E-state index is 0.676. The summed E-state index contributed by atoms with van der Waals surface area (Å²) < 4.78 is 0. The largest absolute Gasteiger partial charge is 0.330 e. The van der Waals surface area contributed by atoms with Gasteiger partial charge in [0.25, 0.3) is 0 Å². The summed E-state index contributed by atoms with van der Waals surface area (Å²) in [6, 6.07) is 5.01. The molecular formula is C12H20N2S. The molecule has 15 heavy (non-hydrogen) atoms. The number of thiophene rings is 1. The van der Waals surface area contributed by atoms with E-state index in [1.807, 2.05) is 11.3 Å². The average molecular weight is 224 g/mol. The van der Waals surface area contributed by atoms with E-state index in [9.17, 15) is 0 Å². The van der Waals surface area contributed by atoms with Gasteiger partial charge in [-0.1, -0.05) is 12.5 Å². The van der Waals surface area contributed by atoms with E-state index in [0.29, 0.717) is 12.0 Å². The van der Waals surface area contributed by atoms with Crippen LogP contribution in [0.2, 0.25) is 0 Å². The van der Waals surface area contributed by atoms with Crippen molar-refractivity contribution in [1.29, 1.82) is 0 Å². The van der Waals surface area contributed by atoms with Crippen LogP contribution in [0.3, 0.4) is 0 Å². The molecule has 0 amide bonds. The second kappa shape index (κ2) is 5.64. The van der Waals surface area contributed by atoms with Crippen molar-refractivity contribution < 1.29 is 0 Å². The van der Waals surface area contributed by atoms with Crippen molar-refractivity contribution >= 4 is 11.3 Å². The number of nitrogens with one attached hydrogen (secondary N) is 1. The minimum absolute atomic E-state index is 0.676. The number of nitrogens with two attached hydrogens (primary N) is 1. The predicted octanol–water partition coefficient (Wildman–Crippen LogP) is 2.01. The molecule has 3 N–H and O–H groups in total. The maximum atomic E-state index is 5.75. The monoisotopic (exact) mass is 224 g/mol. The molecule has 2 atom stereocenters. The molecule has 0 bridgehead atoms. The Hall–Kier alpha value is -0.380. The highest BCUT2D eigenvalue weighted by molar-refractivity contribution is 7.09. The van der Waals surface area contributed by atoms with Crippen LogP contribution in [0.4, 0.5) is 0 Å². The normalized spacial score (nSPS) is 25.9. The molecule has 2 nitrogen and oxygen atoms in total. The van der Waals surface area contributed by atoms with Crippen LogP contribution in [0.25, 0.3) is 0 Å². The van der Waals surface area contributed by atoms with Gasteiger partial charge in [0.05, 0.1) is 0 Å². The van der Waals surface area contributed by atoms with Crippen LogP contribution in [0.15, 0.2) is 17.5 Å². The van der Waals surface area contributed by atoms with E-state index in [1.54, 1.807) is 0 Å². The van der Waals surface area contributed by atoms with Crippen molar-refractivity contribution in [1.82, 2.24) is 5.32 Å². The molecule has 1 aromatic rings. The van der Waals surface area contributed by atoms with Crippen molar-refractivity contribution in [3.8, 4) is 0 Å². The van der Waals surface area contributed by atoms with E-state index in [1.165, 1.54) is 24.1 Å². The molecule has 1 aromatic heterocycles. The maximum absolute atomic E-state index is 5.75. The van der Waals surface area contributed by atoms with Crippen molar-refractivity contribution in [2.75, 3.05) is 13.1 Å². The molecule has 3 heteroatoms. The van der Waals surface area contributed by atoms with Gasteiger partial charge < -0.3 is 11.1 Å². The summed E-state index contributed by atoms with van der Waals surface area (Å²) in [5.41, 5.74) is 5.75. The molecule has 1 fully saturated rings. The Morgan fingerprint density at radius 3 is 3.13 bits per heavy atom. The highest BCUT2D eigenvalue weighted by Crippen LogP contribution is 2.24. The van der Waals surface area contributed by atoms with Crippen molar-refractivity contribution in [2.45, 2.75) is 31.7 Å². The lowest BCUT2D eigenvalue weighted by Gasteiger charge is -2.19. The first kappa shape index (κ1) is 11.1. The first-order valence-electron chi connectivity index (χ1n) is 5.86. The molecule has 2 rings (SSSR count). The SMILES string of the molecule is NCC1CCCC1NCCc1cccs1. The fourth-order valence-electron chi connectivity index (χ4n) is 2.42. The Morgan fingerprint density at radius 1 is 1.47 bits per heavy atom. The summed E-state index contributed by atoms with van der Waals surface area (Å²) in [5.74, 6) is 0.716. The molecule has 0 aliphatic heterocycles. The lowest BCUT2D eigenvalue weighted by molar-refractivity contribution is 0.410. The minimum Gasteiger partial charge on any atom is -0.330 e. The smallest absolute Gasteiger partial charge is 0.0107 e. The van der Waals surface area contributed by atoms with Gasteiger partial charge >= 0.3 is 0 Å². The third kappa shape index (κ3) is 3.03. The van der Waals surface area contributed by atoms with Gasteiger partial charge in [0.15, 0.2) is 0 Å². The summed E-state index contributed by atoms with van der Waals surface area (Å²) in [4.78, 5) is 1.48. The molecule has 1 aliphatic carbocycles. The van der Waals surface area contributed by atoms with Gasteiger partial charge in [0.2, 0.25) is 0 Å². The van der Waals surface area contributed by atoms with Gasteiger partial charge in [-0.25, -0.2) is 0 Å². The zero-order valence-electron chi connectivity index (χ0n) is 9.11. The lowest BCUT2D eigenvalue weighted by Crippen LogP contribution is -2.36. The van der Waals surface area contributed by atoms with Crippen molar-refractivity contribution in [2.24, 2.45) is 11.7 Å². The molecular weight excluding hydrogens is 204 g/mol. The third-order valence-corrected chi connectivity index (χ3v) is 4.26. The van der Waals surface area contributed by atoms with Crippen LogP contribution in [0, 0.1) is 5.92 Å². The molecule has 1 aliphatic rings.